The molecule has 4 N–H and O–H groups in total. The summed E-state index contributed by atoms with van der Waals surface area (Å²) in [6.07, 6.45) is 3.69. The van der Waals surface area contributed by atoms with E-state index in [4.69, 9.17) is 4.74 Å². The molecule has 0 aromatic carbocycles. The molecule has 4 unspecified atom stereocenters. The minimum atomic E-state index is -0.305. The number of carbonyl (C=O) groups is 2. The number of amides is 2. The second-order valence-electron chi connectivity index (χ2n) is 7.07. The zero-order chi connectivity index (χ0) is 18.3. The Balaban J connectivity index is 1.54. The molecule has 0 bridgehead atoms. The Morgan fingerprint density at radius 2 is 2.23 bits per heavy atom. The van der Waals surface area contributed by atoms with Crippen molar-refractivity contribution in [2.24, 2.45) is 11.8 Å². The van der Waals surface area contributed by atoms with Gasteiger partial charge in [-0.15, -0.1) is 0 Å². The number of nitrogens with zero attached hydrogens (tertiary/aromatic N) is 2. The van der Waals surface area contributed by atoms with Crippen molar-refractivity contribution in [1.82, 2.24) is 26.1 Å². The third-order valence-electron chi connectivity index (χ3n) is 5.19. The molecule has 0 spiro atoms. The van der Waals surface area contributed by atoms with E-state index in [-0.39, 0.29) is 42.0 Å². The Morgan fingerprint density at radius 1 is 1.42 bits per heavy atom. The zero-order valence-corrected chi connectivity index (χ0v) is 14.9. The van der Waals surface area contributed by atoms with E-state index in [0.29, 0.717) is 18.0 Å². The monoisotopic (exact) mass is 360 g/mol. The van der Waals surface area contributed by atoms with E-state index in [1.165, 1.54) is 5.01 Å². The van der Waals surface area contributed by atoms with Crippen molar-refractivity contribution < 1.29 is 14.3 Å². The van der Waals surface area contributed by atoms with Gasteiger partial charge < -0.3 is 15.4 Å². The Bertz CT molecular complexity index is 709. The molecule has 3 heterocycles. The van der Waals surface area contributed by atoms with Crippen LogP contribution in [0.2, 0.25) is 0 Å². The fourth-order valence-electron chi connectivity index (χ4n) is 3.67. The number of hydrogen-bond donors (Lipinski definition) is 4. The number of hydrogen-bond acceptors (Lipinski definition) is 7. The fourth-order valence-corrected chi connectivity index (χ4v) is 3.67. The summed E-state index contributed by atoms with van der Waals surface area (Å²) < 4.78 is 5.36. The average molecular weight is 360 g/mol. The van der Waals surface area contributed by atoms with Crippen LogP contribution in [-0.4, -0.2) is 54.3 Å². The number of piperidine rings is 1. The van der Waals surface area contributed by atoms with Gasteiger partial charge in [0, 0.05) is 31.6 Å². The molecule has 3 aliphatic rings. The van der Waals surface area contributed by atoms with Crippen molar-refractivity contribution in [2.45, 2.75) is 37.6 Å². The number of ether oxygens (including phenoxy) is 1. The van der Waals surface area contributed by atoms with Crippen LogP contribution in [0.15, 0.2) is 18.3 Å². The summed E-state index contributed by atoms with van der Waals surface area (Å²) in [5.41, 5.74) is 3.13. The molecule has 0 radical (unpaired) electrons. The van der Waals surface area contributed by atoms with Gasteiger partial charge in [0.05, 0.1) is 25.4 Å². The number of fused-ring (bicyclic) bond motifs is 1. The summed E-state index contributed by atoms with van der Waals surface area (Å²) in [5.74, 6) is 1.12. The van der Waals surface area contributed by atoms with Gasteiger partial charge in [0.1, 0.15) is 0 Å². The van der Waals surface area contributed by atoms with Crippen molar-refractivity contribution in [3.05, 3.63) is 18.3 Å². The lowest BCUT2D eigenvalue weighted by atomic mass is 9.89. The first-order valence-electron chi connectivity index (χ1n) is 8.92. The highest BCUT2D eigenvalue weighted by molar-refractivity contribution is 5.83. The Morgan fingerprint density at radius 3 is 2.96 bits per heavy atom. The fraction of sp³-hybridized carbons (Fsp3) is 0.588. The molecule has 26 heavy (non-hydrogen) atoms. The highest BCUT2D eigenvalue weighted by Gasteiger charge is 2.49. The van der Waals surface area contributed by atoms with Gasteiger partial charge in [0.25, 0.3) is 0 Å². The maximum absolute atomic E-state index is 12.6. The lowest BCUT2D eigenvalue weighted by molar-refractivity contribution is -0.131. The Kier molecular flexibility index (Phi) is 4.41. The summed E-state index contributed by atoms with van der Waals surface area (Å²) >= 11 is 0. The van der Waals surface area contributed by atoms with Gasteiger partial charge >= 0.3 is 0 Å². The molecule has 9 nitrogen and oxygen atoms in total. The van der Waals surface area contributed by atoms with Crippen molar-refractivity contribution in [3.63, 3.8) is 0 Å². The molecule has 2 aliphatic heterocycles. The Hall–Kier alpha value is -2.39. The van der Waals surface area contributed by atoms with Gasteiger partial charge in [-0.1, -0.05) is 0 Å². The lowest BCUT2D eigenvalue weighted by Crippen LogP contribution is -2.63. The van der Waals surface area contributed by atoms with Crippen LogP contribution in [0.25, 0.3) is 0 Å². The number of carbonyl (C=O) groups excluding carboxylic acids is 2. The minimum absolute atomic E-state index is 0.00173. The van der Waals surface area contributed by atoms with E-state index >= 15 is 0 Å². The highest BCUT2D eigenvalue weighted by atomic mass is 16.5. The highest BCUT2D eigenvalue weighted by Crippen LogP contribution is 2.32. The first-order valence-corrected chi connectivity index (χ1v) is 8.92. The molecular weight excluding hydrogens is 336 g/mol. The van der Waals surface area contributed by atoms with Crippen LogP contribution in [0.3, 0.4) is 0 Å². The maximum atomic E-state index is 12.6. The number of rotatable bonds is 5. The van der Waals surface area contributed by atoms with E-state index in [1.807, 2.05) is 6.07 Å². The van der Waals surface area contributed by atoms with Gasteiger partial charge in [-0.2, -0.15) is 0 Å². The molecule has 1 aromatic rings. The number of methoxy groups -OCH3 is 1. The molecule has 3 fully saturated rings. The van der Waals surface area contributed by atoms with E-state index in [9.17, 15) is 9.59 Å². The quantitative estimate of drug-likeness (QED) is 0.568. The molecule has 1 aromatic heterocycles. The molecule has 1 saturated carbocycles. The summed E-state index contributed by atoms with van der Waals surface area (Å²) in [6.45, 7) is 0. The first kappa shape index (κ1) is 17.0. The average Bonchev–Trinajstić information content (AvgIpc) is 3.43. The van der Waals surface area contributed by atoms with E-state index in [1.54, 1.807) is 26.4 Å². The number of aromatic nitrogens is 1. The number of anilines is 1. The van der Waals surface area contributed by atoms with Crippen LogP contribution < -0.4 is 26.1 Å². The number of hydrazine groups is 1. The zero-order valence-electron chi connectivity index (χ0n) is 14.9. The topological polar surface area (TPSA) is 108 Å². The number of pyridine rings is 1. The SMILES string of the molecule is COc1cccnc1NC1CC(NC(=O)C2CC2)NC2NN(C)C(=O)C12. The summed E-state index contributed by atoms with van der Waals surface area (Å²) in [4.78, 5) is 29.1. The van der Waals surface area contributed by atoms with Gasteiger partial charge in [-0.3, -0.25) is 19.9 Å². The normalized spacial score (nSPS) is 30.7. The van der Waals surface area contributed by atoms with E-state index in [0.717, 1.165) is 12.8 Å². The predicted octanol–water partition coefficient (Wildman–Crippen LogP) is -0.365. The van der Waals surface area contributed by atoms with Crippen LogP contribution in [-0.2, 0) is 9.59 Å². The summed E-state index contributed by atoms with van der Waals surface area (Å²) in [7, 11) is 3.29. The lowest BCUT2D eigenvalue weighted by Gasteiger charge is -2.38. The van der Waals surface area contributed by atoms with Gasteiger partial charge in [-0.05, 0) is 25.0 Å². The van der Waals surface area contributed by atoms with E-state index < -0.39 is 0 Å². The molecule has 2 saturated heterocycles. The second kappa shape index (κ2) is 6.73. The van der Waals surface area contributed by atoms with Crippen LogP contribution in [0.5, 0.6) is 5.75 Å². The van der Waals surface area contributed by atoms with Gasteiger partial charge in [-0.25, -0.2) is 10.4 Å². The third-order valence-corrected chi connectivity index (χ3v) is 5.19. The molecule has 140 valence electrons. The largest absolute Gasteiger partial charge is 0.493 e. The molecule has 4 atom stereocenters. The Labute approximate surface area is 151 Å². The van der Waals surface area contributed by atoms with Crippen LogP contribution in [0, 0.1) is 11.8 Å². The van der Waals surface area contributed by atoms with Crippen LogP contribution >= 0.6 is 0 Å². The standard InChI is InChI=1S/C17H24N6O3/c1-23-17(25)13-10(19-14-11(26-2)4-3-7-18-14)8-12(20-15(13)22-23)21-16(24)9-5-6-9/h3-4,7,9-10,12-13,15,20,22H,5-6,8H2,1-2H3,(H,18,19)(H,21,24). The van der Waals surface area contributed by atoms with Gasteiger partial charge in [0.15, 0.2) is 11.6 Å². The van der Waals surface area contributed by atoms with Crippen molar-refractivity contribution in [2.75, 3.05) is 19.5 Å². The predicted molar refractivity (Wildman–Crippen MR) is 93.8 cm³/mol. The van der Waals surface area contributed by atoms with Crippen molar-refractivity contribution in [3.8, 4) is 5.75 Å². The third kappa shape index (κ3) is 3.19. The van der Waals surface area contributed by atoms with Crippen LogP contribution in [0.4, 0.5) is 5.82 Å². The molecular formula is C17H24N6O3. The molecule has 9 heteroatoms. The summed E-state index contributed by atoms with van der Waals surface area (Å²) in [5, 5.41) is 11.2. The second-order valence-corrected chi connectivity index (χ2v) is 7.07. The van der Waals surface area contributed by atoms with Gasteiger partial charge in [0.2, 0.25) is 11.8 Å². The van der Waals surface area contributed by atoms with Crippen LogP contribution in [0.1, 0.15) is 19.3 Å². The maximum Gasteiger partial charge on any atom is 0.244 e. The minimum Gasteiger partial charge on any atom is -0.493 e. The number of nitrogens with one attached hydrogen (secondary N) is 4. The molecule has 1 aliphatic carbocycles. The smallest absolute Gasteiger partial charge is 0.244 e. The molecule has 4 rings (SSSR count). The summed E-state index contributed by atoms with van der Waals surface area (Å²) in [6, 6.07) is 3.42. The van der Waals surface area contributed by atoms with E-state index in [2.05, 4.69) is 26.4 Å². The van der Waals surface area contributed by atoms with Crippen molar-refractivity contribution in [1.29, 1.82) is 0 Å². The molecule has 2 amide bonds. The van der Waals surface area contributed by atoms with Crippen molar-refractivity contribution >= 4 is 17.6 Å². The first-order chi connectivity index (χ1) is 12.6.